The molecule has 0 atom stereocenters. The normalized spacial score (nSPS) is 11.4. The molecule has 0 unspecified atom stereocenters. The van der Waals surface area contributed by atoms with Crippen molar-refractivity contribution in [2.24, 2.45) is 15.3 Å². The number of nitrogens with one attached hydrogen (secondary N) is 2. The molecule has 0 saturated heterocycles. The SMILES string of the molecule is O=[N+]([O-])c1ccc(/C=N\NC(=S)N=Nc2c(O)[nH]c3ccccc23)cc1. The lowest BCUT2D eigenvalue weighted by molar-refractivity contribution is -0.384. The number of H-pyrrole nitrogens is 1. The first-order valence-electron chi connectivity index (χ1n) is 7.33. The second-order valence-electron chi connectivity index (χ2n) is 5.09. The van der Waals surface area contributed by atoms with Gasteiger partial charge in [0.2, 0.25) is 11.0 Å². The van der Waals surface area contributed by atoms with E-state index < -0.39 is 4.92 Å². The van der Waals surface area contributed by atoms with Gasteiger partial charge < -0.3 is 10.1 Å². The Bertz CT molecular complexity index is 1030. The lowest BCUT2D eigenvalue weighted by Crippen LogP contribution is -2.11. The number of para-hydroxylation sites is 1. The van der Waals surface area contributed by atoms with Crippen molar-refractivity contribution in [3.05, 3.63) is 64.2 Å². The van der Waals surface area contributed by atoms with Crippen LogP contribution in [-0.4, -0.2) is 26.3 Å². The van der Waals surface area contributed by atoms with E-state index in [0.717, 1.165) is 5.52 Å². The molecule has 10 heteroatoms. The number of azo groups is 1. The van der Waals surface area contributed by atoms with Crippen LogP contribution in [0.15, 0.2) is 63.9 Å². The minimum Gasteiger partial charge on any atom is -0.493 e. The zero-order valence-electron chi connectivity index (χ0n) is 13.2. The largest absolute Gasteiger partial charge is 0.493 e. The number of aromatic hydroxyl groups is 1. The van der Waals surface area contributed by atoms with Crippen LogP contribution in [0.25, 0.3) is 10.9 Å². The third-order valence-electron chi connectivity index (χ3n) is 3.38. The fourth-order valence-electron chi connectivity index (χ4n) is 2.18. The van der Waals surface area contributed by atoms with E-state index in [1.807, 2.05) is 12.1 Å². The number of hydrogen-bond donors (Lipinski definition) is 3. The molecule has 0 fully saturated rings. The average Bonchev–Trinajstić information content (AvgIpc) is 2.95. The standard InChI is InChI=1S/C16H12N6O3S/c23-15-14(12-3-1-2-4-13(12)18-15)19-21-16(26)20-17-9-10-5-7-11(8-6-10)22(24)25/h1-9,18,23H,(H,20,26)/b17-9-,21-19?. The van der Waals surface area contributed by atoms with Crippen LogP contribution < -0.4 is 5.43 Å². The fraction of sp³-hybridized carbons (Fsp3) is 0. The molecule has 9 nitrogen and oxygen atoms in total. The number of thiocarbonyl (C=S) groups is 1. The maximum Gasteiger partial charge on any atom is 0.269 e. The van der Waals surface area contributed by atoms with Crippen molar-refractivity contribution >= 4 is 45.8 Å². The van der Waals surface area contributed by atoms with Gasteiger partial charge in [-0.15, -0.1) is 10.2 Å². The molecular formula is C16H12N6O3S. The molecule has 1 heterocycles. The van der Waals surface area contributed by atoms with Gasteiger partial charge >= 0.3 is 0 Å². The highest BCUT2D eigenvalue weighted by Crippen LogP contribution is 2.35. The van der Waals surface area contributed by atoms with Gasteiger partial charge in [0.05, 0.1) is 16.7 Å². The zero-order valence-corrected chi connectivity index (χ0v) is 14.0. The maximum atomic E-state index is 10.6. The first-order chi connectivity index (χ1) is 12.5. The van der Waals surface area contributed by atoms with E-state index in [2.05, 4.69) is 25.7 Å². The molecule has 2 aromatic carbocycles. The Morgan fingerprint density at radius 3 is 2.69 bits per heavy atom. The van der Waals surface area contributed by atoms with Crippen molar-refractivity contribution in [3.63, 3.8) is 0 Å². The first kappa shape index (κ1) is 17.2. The van der Waals surface area contributed by atoms with E-state index >= 15 is 0 Å². The van der Waals surface area contributed by atoms with Gasteiger partial charge in [0.1, 0.15) is 0 Å². The second-order valence-corrected chi connectivity index (χ2v) is 5.48. The summed E-state index contributed by atoms with van der Waals surface area (Å²) in [6, 6.07) is 13.1. The molecule has 0 aliphatic heterocycles. The Balaban J connectivity index is 1.64. The van der Waals surface area contributed by atoms with E-state index in [0.29, 0.717) is 10.9 Å². The number of nitro groups is 1. The minimum atomic E-state index is -0.477. The molecule has 1 aromatic heterocycles. The molecule has 0 aliphatic rings. The van der Waals surface area contributed by atoms with Crippen LogP contribution >= 0.6 is 12.2 Å². The summed E-state index contributed by atoms with van der Waals surface area (Å²) in [6.45, 7) is 0. The Labute approximate surface area is 152 Å². The summed E-state index contributed by atoms with van der Waals surface area (Å²) < 4.78 is 0. The maximum absolute atomic E-state index is 10.6. The van der Waals surface area contributed by atoms with Gasteiger partial charge in [0.15, 0.2) is 5.69 Å². The fourth-order valence-corrected chi connectivity index (χ4v) is 2.27. The summed E-state index contributed by atoms with van der Waals surface area (Å²) in [4.78, 5) is 12.9. The van der Waals surface area contributed by atoms with E-state index in [4.69, 9.17) is 12.2 Å². The molecule has 0 radical (unpaired) electrons. The van der Waals surface area contributed by atoms with Gasteiger partial charge in [-0.2, -0.15) is 5.10 Å². The van der Waals surface area contributed by atoms with Gasteiger partial charge in [-0.3, -0.25) is 15.5 Å². The molecule has 130 valence electrons. The number of hydrazone groups is 1. The topological polar surface area (TPSA) is 128 Å². The van der Waals surface area contributed by atoms with Gasteiger partial charge in [-0.05, 0) is 36.0 Å². The molecule has 3 rings (SSSR count). The number of aromatic amines is 1. The van der Waals surface area contributed by atoms with Crippen LogP contribution in [0.1, 0.15) is 5.56 Å². The summed E-state index contributed by atoms with van der Waals surface area (Å²) in [5.41, 5.74) is 4.17. The molecule has 0 saturated carbocycles. The summed E-state index contributed by atoms with van der Waals surface area (Å²) in [6.07, 6.45) is 1.44. The van der Waals surface area contributed by atoms with Crippen molar-refractivity contribution in [1.29, 1.82) is 0 Å². The predicted octanol–water partition coefficient (Wildman–Crippen LogP) is 3.77. The molecule has 0 spiro atoms. The van der Waals surface area contributed by atoms with E-state index in [1.54, 1.807) is 24.3 Å². The second kappa shape index (κ2) is 7.49. The Morgan fingerprint density at radius 1 is 1.23 bits per heavy atom. The van der Waals surface area contributed by atoms with Crippen molar-refractivity contribution < 1.29 is 10.0 Å². The monoisotopic (exact) mass is 368 g/mol. The lowest BCUT2D eigenvalue weighted by Gasteiger charge is -1.96. The van der Waals surface area contributed by atoms with Crippen LogP contribution in [0.4, 0.5) is 11.4 Å². The number of rotatable bonds is 4. The number of non-ortho nitro benzene ring substituents is 1. The van der Waals surface area contributed by atoms with Crippen molar-refractivity contribution in [2.45, 2.75) is 0 Å². The third-order valence-corrected chi connectivity index (χ3v) is 3.55. The van der Waals surface area contributed by atoms with E-state index in [-0.39, 0.29) is 22.4 Å². The molecular weight excluding hydrogens is 356 g/mol. The summed E-state index contributed by atoms with van der Waals surface area (Å²) in [5, 5.41) is 32.8. The van der Waals surface area contributed by atoms with Crippen LogP contribution in [0.2, 0.25) is 0 Å². The van der Waals surface area contributed by atoms with E-state index in [1.165, 1.54) is 18.3 Å². The third kappa shape index (κ3) is 3.87. The highest BCUT2D eigenvalue weighted by Gasteiger charge is 2.09. The van der Waals surface area contributed by atoms with Gasteiger partial charge in [0, 0.05) is 17.5 Å². The number of hydrogen-bond acceptors (Lipinski definition) is 6. The van der Waals surface area contributed by atoms with Crippen molar-refractivity contribution in [1.82, 2.24) is 10.4 Å². The predicted molar refractivity (Wildman–Crippen MR) is 101 cm³/mol. The average molecular weight is 368 g/mol. The molecule has 3 aromatic rings. The minimum absolute atomic E-state index is 0.00188. The quantitative estimate of drug-likeness (QED) is 0.212. The molecule has 0 aliphatic carbocycles. The molecule has 26 heavy (non-hydrogen) atoms. The van der Waals surface area contributed by atoms with E-state index in [9.17, 15) is 15.2 Å². The number of fused-ring (bicyclic) bond motifs is 1. The smallest absolute Gasteiger partial charge is 0.269 e. The van der Waals surface area contributed by atoms with Crippen molar-refractivity contribution in [3.8, 4) is 5.88 Å². The van der Waals surface area contributed by atoms with Gasteiger partial charge in [0.25, 0.3) is 5.69 Å². The molecule has 3 N–H and O–H groups in total. The Morgan fingerprint density at radius 2 is 1.96 bits per heavy atom. The van der Waals surface area contributed by atoms with Gasteiger partial charge in [-0.1, -0.05) is 18.2 Å². The first-order valence-corrected chi connectivity index (χ1v) is 7.74. The Kier molecular flexibility index (Phi) is 4.94. The lowest BCUT2D eigenvalue weighted by atomic mass is 10.2. The zero-order chi connectivity index (χ0) is 18.5. The van der Waals surface area contributed by atoms with Crippen LogP contribution in [0, 0.1) is 10.1 Å². The molecule has 0 bridgehead atoms. The van der Waals surface area contributed by atoms with Crippen molar-refractivity contribution in [2.75, 3.05) is 0 Å². The molecule has 0 amide bonds. The summed E-state index contributed by atoms with van der Waals surface area (Å²) >= 11 is 5.00. The number of aromatic nitrogens is 1. The number of nitrogens with zero attached hydrogens (tertiary/aromatic N) is 4. The highest BCUT2D eigenvalue weighted by molar-refractivity contribution is 7.80. The van der Waals surface area contributed by atoms with Gasteiger partial charge in [-0.25, -0.2) is 0 Å². The Hall–Kier alpha value is -3.66. The summed E-state index contributed by atoms with van der Waals surface area (Å²) in [5.74, 6) is -0.105. The van der Waals surface area contributed by atoms with Crippen LogP contribution in [-0.2, 0) is 0 Å². The number of benzene rings is 2. The van der Waals surface area contributed by atoms with Crippen LogP contribution in [0.3, 0.4) is 0 Å². The highest BCUT2D eigenvalue weighted by atomic mass is 32.1. The summed E-state index contributed by atoms with van der Waals surface area (Å²) in [7, 11) is 0. The van der Waals surface area contributed by atoms with Crippen LogP contribution in [0.5, 0.6) is 5.88 Å². The number of nitro benzene ring substituents is 1.